The summed E-state index contributed by atoms with van der Waals surface area (Å²) >= 11 is 0. The molecule has 6 heteroatoms. The number of hydrogen-bond acceptors (Lipinski definition) is 6. The van der Waals surface area contributed by atoms with Gasteiger partial charge in [-0.1, -0.05) is 209 Å². The van der Waals surface area contributed by atoms with Crippen LogP contribution in [0.5, 0.6) is 0 Å². The van der Waals surface area contributed by atoms with Gasteiger partial charge in [0.15, 0.2) is 6.10 Å². The van der Waals surface area contributed by atoms with E-state index < -0.39 is 6.10 Å². The molecule has 0 amide bonds. The summed E-state index contributed by atoms with van der Waals surface area (Å²) in [6.45, 7) is 6.43. The normalized spacial score (nSPS) is 12.8. The van der Waals surface area contributed by atoms with Crippen LogP contribution in [0.1, 0.15) is 233 Å². The van der Waals surface area contributed by atoms with Crippen molar-refractivity contribution in [1.82, 2.24) is 0 Å². The lowest BCUT2D eigenvalue weighted by molar-refractivity contribution is -0.167. The Kier molecular flexibility index (Phi) is 47.5. The second-order valence-electron chi connectivity index (χ2n) is 16.7. The largest absolute Gasteiger partial charge is 0.462 e. The quantitative estimate of drug-likeness (QED) is 0.0263. The number of allylic oxidation sites excluding steroid dienone is 14. The van der Waals surface area contributed by atoms with Gasteiger partial charge >= 0.3 is 17.9 Å². The maximum atomic E-state index is 12.8. The van der Waals surface area contributed by atoms with E-state index in [1.54, 1.807) is 0 Å². The van der Waals surface area contributed by atoms with Crippen LogP contribution in [0.3, 0.4) is 0 Å². The smallest absolute Gasteiger partial charge is 0.306 e. The Morgan fingerprint density at radius 2 is 0.645 bits per heavy atom. The topological polar surface area (TPSA) is 78.9 Å². The molecule has 0 aromatic heterocycles. The van der Waals surface area contributed by atoms with E-state index in [-0.39, 0.29) is 37.5 Å². The molecular weight excluding hydrogens is 769 g/mol. The number of carbonyl (C=O) groups is 3. The van der Waals surface area contributed by atoms with Gasteiger partial charge in [-0.15, -0.1) is 0 Å². The van der Waals surface area contributed by atoms with Crippen molar-refractivity contribution in [2.24, 2.45) is 0 Å². The van der Waals surface area contributed by atoms with E-state index in [9.17, 15) is 14.4 Å². The number of hydrogen-bond donors (Lipinski definition) is 0. The lowest BCUT2D eigenvalue weighted by Crippen LogP contribution is -2.30. The van der Waals surface area contributed by atoms with Crippen molar-refractivity contribution >= 4 is 17.9 Å². The highest BCUT2D eigenvalue weighted by Crippen LogP contribution is 2.14. The Balaban J connectivity index is 4.50. The summed E-state index contributed by atoms with van der Waals surface area (Å²) in [7, 11) is 0. The van der Waals surface area contributed by atoms with Gasteiger partial charge in [-0.2, -0.15) is 0 Å². The van der Waals surface area contributed by atoms with E-state index in [0.717, 1.165) is 103 Å². The van der Waals surface area contributed by atoms with Gasteiger partial charge in [0, 0.05) is 19.3 Å². The fourth-order valence-electron chi connectivity index (χ4n) is 6.80. The van der Waals surface area contributed by atoms with E-state index in [2.05, 4.69) is 106 Å². The first-order valence-electron chi connectivity index (χ1n) is 25.6. The summed E-state index contributed by atoms with van der Waals surface area (Å²) in [4.78, 5) is 37.9. The Labute approximate surface area is 382 Å². The molecule has 0 N–H and O–H groups in total. The maximum absolute atomic E-state index is 12.8. The van der Waals surface area contributed by atoms with Gasteiger partial charge in [-0.05, 0) is 89.9 Å². The van der Waals surface area contributed by atoms with Crippen molar-refractivity contribution in [3.63, 3.8) is 0 Å². The van der Waals surface area contributed by atoms with Crippen LogP contribution in [0.25, 0.3) is 0 Å². The van der Waals surface area contributed by atoms with Crippen molar-refractivity contribution in [2.45, 2.75) is 239 Å². The highest BCUT2D eigenvalue weighted by atomic mass is 16.6. The first-order valence-corrected chi connectivity index (χ1v) is 25.6. The molecule has 0 saturated heterocycles. The van der Waals surface area contributed by atoms with Crippen LogP contribution in [0.15, 0.2) is 85.1 Å². The molecule has 0 aromatic rings. The van der Waals surface area contributed by atoms with Gasteiger partial charge in [-0.25, -0.2) is 0 Å². The van der Waals surface area contributed by atoms with E-state index in [0.29, 0.717) is 19.3 Å². The molecule has 1 atom stereocenters. The highest BCUT2D eigenvalue weighted by molar-refractivity contribution is 5.71. The molecule has 0 heterocycles. The third kappa shape index (κ3) is 47.6. The number of rotatable bonds is 45. The van der Waals surface area contributed by atoms with Crippen LogP contribution in [-0.4, -0.2) is 37.2 Å². The zero-order valence-corrected chi connectivity index (χ0v) is 40.4. The third-order valence-corrected chi connectivity index (χ3v) is 10.6. The lowest BCUT2D eigenvalue weighted by Gasteiger charge is -2.18. The molecule has 0 aliphatic heterocycles. The standard InChI is InChI=1S/C56H94O6/c1-4-7-10-13-16-19-22-25-27-28-30-31-34-37-40-43-46-49-55(58)61-52-53(51-60-54(57)48-45-42-39-36-33-24-21-18-15-12-9-6-3)62-56(59)50-47-44-41-38-35-32-29-26-23-20-17-14-11-8-5-2/h7,10,16-17,19-20,25-27,29-31,37,40,53H,4-6,8-9,11-15,18,21-24,28,32-36,38-39,41-52H2,1-3H3/b10-7-,19-16-,20-17-,27-25-,29-26-,31-30-,40-37-/t53-/m0/s1. The average Bonchev–Trinajstić information content (AvgIpc) is 3.27. The van der Waals surface area contributed by atoms with E-state index in [1.165, 1.54) is 83.5 Å². The zero-order chi connectivity index (χ0) is 45.1. The van der Waals surface area contributed by atoms with Crippen LogP contribution in [-0.2, 0) is 28.6 Å². The first kappa shape index (κ1) is 58.6. The van der Waals surface area contributed by atoms with Crippen molar-refractivity contribution in [3.05, 3.63) is 85.1 Å². The predicted molar refractivity (Wildman–Crippen MR) is 265 cm³/mol. The fraction of sp³-hybridized carbons (Fsp3) is 0.696. The van der Waals surface area contributed by atoms with Crippen LogP contribution in [0.4, 0.5) is 0 Å². The van der Waals surface area contributed by atoms with Crippen LogP contribution in [0, 0.1) is 0 Å². The molecule has 0 rings (SSSR count). The summed E-state index contributed by atoms with van der Waals surface area (Å²) in [6, 6.07) is 0. The van der Waals surface area contributed by atoms with Crippen molar-refractivity contribution in [2.75, 3.05) is 13.2 Å². The van der Waals surface area contributed by atoms with E-state index in [1.807, 2.05) is 0 Å². The number of unbranched alkanes of at least 4 members (excludes halogenated alkanes) is 20. The van der Waals surface area contributed by atoms with Crippen LogP contribution >= 0.6 is 0 Å². The van der Waals surface area contributed by atoms with Gasteiger partial charge in [0.25, 0.3) is 0 Å². The fourth-order valence-corrected chi connectivity index (χ4v) is 6.80. The molecule has 0 saturated carbocycles. The Morgan fingerprint density at radius 3 is 1.08 bits per heavy atom. The minimum atomic E-state index is -0.804. The monoisotopic (exact) mass is 863 g/mol. The molecule has 0 aliphatic rings. The highest BCUT2D eigenvalue weighted by Gasteiger charge is 2.19. The van der Waals surface area contributed by atoms with Crippen molar-refractivity contribution in [3.8, 4) is 0 Å². The van der Waals surface area contributed by atoms with Gasteiger partial charge in [0.05, 0.1) is 0 Å². The molecular formula is C56H94O6. The average molecular weight is 863 g/mol. The van der Waals surface area contributed by atoms with Crippen LogP contribution in [0.2, 0.25) is 0 Å². The molecule has 0 aliphatic carbocycles. The Hall–Kier alpha value is -3.41. The molecule has 0 unspecified atom stereocenters. The Bertz CT molecular complexity index is 1220. The van der Waals surface area contributed by atoms with Gasteiger partial charge in [-0.3, -0.25) is 14.4 Å². The predicted octanol–water partition coefficient (Wildman–Crippen LogP) is 16.8. The number of ether oxygens (including phenoxy) is 3. The third-order valence-electron chi connectivity index (χ3n) is 10.6. The zero-order valence-electron chi connectivity index (χ0n) is 40.4. The number of carbonyl (C=O) groups excluding carboxylic acids is 3. The molecule has 62 heavy (non-hydrogen) atoms. The minimum absolute atomic E-state index is 0.0989. The maximum Gasteiger partial charge on any atom is 0.306 e. The van der Waals surface area contributed by atoms with E-state index in [4.69, 9.17) is 14.2 Å². The second kappa shape index (κ2) is 50.2. The molecule has 0 radical (unpaired) electrons. The van der Waals surface area contributed by atoms with E-state index >= 15 is 0 Å². The van der Waals surface area contributed by atoms with Crippen molar-refractivity contribution < 1.29 is 28.6 Å². The van der Waals surface area contributed by atoms with Crippen molar-refractivity contribution in [1.29, 1.82) is 0 Å². The Morgan fingerprint density at radius 1 is 0.339 bits per heavy atom. The minimum Gasteiger partial charge on any atom is -0.462 e. The number of esters is 3. The summed E-state index contributed by atoms with van der Waals surface area (Å²) in [5, 5.41) is 0. The first-order chi connectivity index (χ1) is 30.5. The molecule has 0 aromatic carbocycles. The lowest BCUT2D eigenvalue weighted by atomic mass is 10.0. The van der Waals surface area contributed by atoms with Gasteiger partial charge < -0.3 is 14.2 Å². The summed E-state index contributed by atoms with van der Waals surface area (Å²) in [5.74, 6) is -0.975. The molecule has 354 valence electrons. The SMILES string of the molecule is CC/C=C\C/C=C\C/C=C\C/C=C\C/C=C\CCCC(=O)OC[C@H](COC(=O)CCCCCCCCCCCCCC)OC(=O)CCCCCCC/C=C\C/C=C\CCCCC. The second-order valence-corrected chi connectivity index (χ2v) is 16.7. The summed E-state index contributed by atoms with van der Waals surface area (Å²) < 4.78 is 16.7. The molecule has 0 bridgehead atoms. The van der Waals surface area contributed by atoms with Gasteiger partial charge in [0.1, 0.15) is 13.2 Å². The van der Waals surface area contributed by atoms with Gasteiger partial charge in [0.2, 0.25) is 0 Å². The summed E-state index contributed by atoms with van der Waals surface area (Å²) in [5.41, 5.74) is 0. The summed E-state index contributed by atoms with van der Waals surface area (Å²) in [6.07, 6.45) is 64.2. The molecule has 0 spiro atoms. The van der Waals surface area contributed by atoms with Crippen LogP contribution < -0.4 is 0 Å². The molecule has 6 nitrogen and oxygen atoms in total. The molecule has 0 fully saturated rings.